The van der Waals surface area contributed by atoms with Crippen molar-refractivity contribution in [2.75, 3.05) is 0 Å². The van der Waals surface area contributed by atoms with Crippen molar-refractivity contribution in [3.63, 3.8) is 0 Å². The van der Waals surface area contributed by atoms with Gasteiger partial charge in [-0.25, -0.2) is 0 Å². The largest absolute Gasteiger partial charge is 0.385 e. The SMILES string of the molecule is O[C@H](c1ccc2ccccc2c1)[C@H](O)c1cccc2ccccc12. The lowest BCUT2D eigenvalue weighted by atomic mass is 9.93. The summed E-state index contributed by atoms with van der Waals surface area (Å²) in [6, 6.07) is 27.5. The maximum absolute atomic E-state index is 10.8. The van der Waals surface area contributed by atoms with E-state index in [1.807, 2.05) is 84.9 Å². The molecular formula is C22H18O2. The van der Waals surface area contributed by atoms with E-state index in [4.69, 9.17) is 0 Å². The first-order chi connectivity index (χ1) is 11.7. The molecule has 118 valence electrons. The molecule has 24 heavy (non-hydrogen) atoms. The first-order valence-electron chi connectivity index (χ1n) is 8.06. The molecule has 0 radical (unpaired) electrons. The Balaban J connectivity index is 1.75. The number of hydrogen-bond donors (Lipinski definition) is 2. The number of hydrogen-bond acceptors (Lipinski definition) is 2. The number of rotatable bonds is 3. The summed E-state index contributed by atoms with van der Waals surface area (Å²) in [5.41, 5.74) is 1.46. The summed E-state index contributed by atoms with van der Waals surface area (Å²) in [6.07, 6.45) is -1.95. The van der Waals surface area contributed by atoms with E-state index in [1.165, 1.54) is 0 Å². The second kappa shape index (κ2) is 6.08. The second-order valence-electron chi connectivity index (χ2n) is 6.06. The fourth-order valence-corrected chi connectivity index (χ4v) is 3.25. The summed E-state index contributed by atoms with van der Waals surface area (Å²) < 4.78 is 0. The van der Waals surface area contributed by atoms with E-state index in [0.717, 1.165) is 27.1 Å². The average Bonchev–Trinajstić information content (AvgIpc) is 2.66. The number of aliphatic hydroxyl groups is 2. The monoisotopic (exact) mass is 314 g/mol. The summed E-state index contributed by atoms with van der Waals surface area (Å²) in [5, 5.41) is 25.7. The topological polar surface area (TPSA) is 40.5 Å². The molecule has 4 aromatic rings. The lowest BCUT2D eigenvalue weighted by Gasteiger charge is -2.20. The molecule has 0 heterocycles. The van der Waals surface area contributed by atoms with E-state index < -0.39 is 12.2 Å². The first-order valence-corrected chi connectivity index (χ1v) is 8.06. The standard InChI is InChI=1S/C22H18O2/c23-21(18-13-12-15-6-1-2-8-17(15)14-18)22(24)20-11-5-9-16-7-3-4-10-19(16)20/h1-14,21-24H/t21-,22-/m1/s1. The zero-order chi connectivity index (χ0) is 16.5. The van der Waals surface area contributed by atoms with Gasteiger partial charge in [0.15, 0.2) is 0 Å². The van der Waals surface area contributed by atoms with Crippen molar-refractivity contribution in [3.05, 3.63) is 96.1 Å². The molecule has 0 saturated heterocycles. The summed E-state index contributed by atoms with van der Waals surface area (Å²) >= 11 is 0. The van der Waals surface area contributed by atoms with Crippen molar-refractivity contribution >= 4 is 21.5 Å². The number of benzene rings is 4. The van der Waals surface area contributed by atoms with Crippen LogP contribution in [0.25, 0.3) is 21.5 Å². The van der Waals surface area contributed by atoms with E-state index in [-0.39, 0.29) is 0 Å². The Hall–Kier alpha value is -2.68. The van der Waals surface area contributed by atoms with Crippen molar-refractivity contribution in [2.45, 2.75) is 12.2 Å². The number of aliphatic hydroxyl groups excluding tert-OH is 2. The average molecular weight is 314 g/mol. The van der Waals surface area contributed by atoms with Gasteiger partial charge in [0.1, 0.15) is 12.2 Å². The molecule has 2 atom stereocenters. The van der Waals surface area contributed by atoms with Crippen LogP contribution in [0.2, 0.25) is 0 Å². The van der Waals surface area contributed by atoms with Crippen molar-refractivity contribution < 1.29 is 10.2 Å². The summed E-state index contributed by atoms with van der Waals surface area (Å²) in [7, 11) is 0. The normalized spacial score (nSPS) is 13.9. The van der Waals surface area contributed by atoms with E-state index in [0.29, 0.717) is 5.56 Å². The highest BCUT2D eigenvalue weighted by atomic mass is 16.3. The van der Waals surface area contributed by atoms with Gasteiger partial charge in [0.25, 0.3) is 0 Å². The number of fused-ring (bicyclic) bond motifs is 2. The van der Waals surface area contributed by atoms with Crippen molar-refractivity contribution in [3.8, 4) is 0 Å². The molecule has 0 fully saturated rings. The van der Waals surface area contributed by atoms with Crippen LogP contribution in [-0.4, -0.2) is 10.2 Å². The molecule has 0 bridgehead atoms. The Bertz CT molecular complexity index is 1000. The molecular weight excluding hydrogens is 296 g/mol. The van der Waals surface area contributed by atoms with Crippen molar-refractivity contribution in [2.24, 2.45) is 0 Å². The lowest BCUT2D eigenvalue weighted by molar-refractivity contribution is 0.0182. The van der Waals surface area contributed by atoms with Crippen LogP contribution in [0.3, 0.4) is 0 Å². The molecule has 2 N–H and O–H groups in total. The van der Waals surface area contributed by atoms with Gasteiger partial charge in [0.05, 0.1) is 0 Å². The molecule has 2 heteroatoms. The maximum Gasteiger partial charge on any atom is 0.110 e. The van der Waals surface area contributed by atoms with Crippen molar-refractivity contribution in [1.82, 2.24) is 0 Å². The molecule has 4 aromatic carbocycles. The van der Waals surface area contributed by atoms with Crippen LogP contribution < -0.4 is 0 Å². The van der Waals surface area contributed by atoms with Crippen LogP contribution in [0.5, 0.6) is 0 Å². The van der Waals surface area contributed by atoms with Gasteiger partial charge in [-0.3, -0.25) is 0 Å². The maximum atomic E-state index is 10.8. The lowest BCUT2D eigenvalue weighted by Crippen LogP contribution is -2.10. The smallest absolute Gasteiger partial charge is 0.110 e. The minimum Gasteiger partial charge on any atom is -0.385 e. The predicted octanol–water partition coefficient (Wildman–Crippen LogP) is 4.76. The Kier molecular flexibility index (Phi) is 3.77. The van der Waals surface area contributed by atoms with Gasteiger partial charge >= 0.3 is 0 Å². The van der Waals surface area contributed by atoms with E-state index >= 15 is 0 Å². The van der Waals surface area contributed by atoms with E-state index in [9.17, 15) is 10.2 Å². The molecule has 0 saturated carbocycles. The van der Waals surface area contributed by atoms with Gasteiger partial charge in [-0.15, -0.1) is 0 Å². The summed E-state index contributed by atoms with van der Waals surface area (Å²) in [4.78, 5) is 0. The Morgan fingerprint density at radius 1 is 0.542 bits per heavy atom. The van der Waals surface area contributed by atoms with Gasteiger partial charge < -0.3 is 10.2 Å². The molecule has 4 rings (SSSR count). The zero-order valence-electron chi connectivity index (χ0n) is 13.1. The predicted molar refractivity (Wildman–Crippen MR) is 97.8 cm³/mol. The Labute approximate surface area is 140 Å². The van der Waals surface area contributed by atoms with Gasteiger partial charge in [0.2, 0.25) is 0 Å². The van der Waals surface area contributed by atoms with E-state index in [1.54, 1.807) is 0 Å². The quantitative estimate of drug-likeness (QED) is 0.572. The Morgan fingerprint density at radius 2 is 1.21 bits per heavy atom. The molecule has 0 aliphatic heterocycles. The second-order valence-corrected chi connectivity index (χ2v) is 6.06. The molecule has 0 aromatic heterocycles. The van der Waals surface area contributed by atoms with Crippen LogP contribution in [0.1, 0.15) is 23.3 Å². The fraction of sp³-hybridized carbons (Fsp3) is 0.0909. The summed E-state index contributed by atoms with van der Waals surface area (Å²) in [5.74, 6) is 0. The highest BCUT2D eigenvalue weighted by Gasteiger charge is 2.22. The minimum absolute atomic E-state index is 0.717. The highest BCUT2D eigenvalue weighted by molar-refractivity contribution is 5.86. The third-order valence-electron chi connectivity index (χ3n) is 4.56. The summed E-state index contributed by atoms with van der Waals surface area (Å²) in [6.45, 7) is 0. The van der Waals surface area contributed by atoms with Crippen LogP contribution in [0, 0.1) is 0 Å². The molecule has 2 nitrogen and oxygen atoms in total. The zero-order valence-corrected chi connectivity index (χ0v) is 13.1. The van der Waals surface area contributed by atoms with Gasteiger partial charge in [0, 0.05) is 0 Å². The van der Waals surface area contributed by atoms with Crippen LogP contribution in [0.4, 0.5) is 0 Å². The third-order valence-corrected chi connectivity index (χ3v) is 4.56. The highest BCUT2D eigenvalue weighted by Crippen LogP contribution is 2.34. The van der Waals surface area contributed by atoms with Crippen LogP contribution in [0.15, 0.2) is 84.9 Å². The molecule has 0 unspecified atom stereocenters. The molecule has 0 aliphatic rings. The van der Waals surface area contributed by atoms with Crippen LogP contribution in [-0.2, 0) is 0 Å². The third kappa shape index (κ3) is 2.56. The van der Waals surface area contributed by atoms with Crippen molar-refractivity contribution in [1.29, 1.82) is 0 Å². The molecule has 0 aliphatic carbocycles. The van der Waals surface area contributed by atoms with Gasteiger partial charge in [-0.05, 0) is 38.7 Å². The molecule has 0 spiro atoms. The van der Waals surface area contributed by atoms with E-state index in [2.05, 4.69) is 0 Å². The first kappa shape index (κ1) is 14.9. The van der Waals surface area contributed by atoms with Crippen LogP contribution >= 0.6 is 0 Å². The Morgan fingerprint density at radius 3 is 2.04 bits per heavy atom. The minimum atomic E-state index is -0.975. The van der Waals surface area contributed by atoms with Gasteiger partial charge in [-0.1, -0.05) is 78.9 Å². The fourth-order valence-electron chi connectivity index (χ4n) is 3.25. The molecule has 0 amide bonds. The van der Waals surface area contributed by atoms with Gasteiger partial charge in [-0.2, -0.15) is 0 Å².